The van der Waals surface area contributed by atoms with Gasteiger partial charge in [-0.05, 0) is 57.4 Å². The molecule has 0 aliphatic carbocycles. The van der Waals surface area contributed by atoms with E-state index in [-0.39, 0.29) is 0 Å². The summed E-state index contributed by atoms with van der Waals surface area (Å²) in [4.78, 5) is 10.2. The van der Waals surface area contributed by atoms with Gasteiger partial charge in [0.05, 0.1) is 11.4 Å². The van der Waals surface area contributed by atoms with E-state index < -0.39 is 0 Å². The Morgan fingerprint density at radius 2 is 1.00 bits per heavy atom. The van der Waals surface area contributed by atoms with Crippen LogP contribution in [-0.4, -0.2) is 9.97 Å². The van der Waals surface area contributed by atoms with Gasteiger partial charge >= 0.3 is 0 Å². The van der Waals surface area contributed by atoms with Crippen LogP contribution >= 0.6 is 0 Å². The highest BCUT2D eigenvalue weighted by molar-refractivity contribution is 6.18. The fourth-order valence-corrected chi connectivity index (χ4v) is 6.42. The predicted octanol–water partition coefficient (Wildman–Crippen LogP) is 11.4. The van der Waals surface area contributed by atoms with Crippen LogP contribution < -0.4 is 0 Å². The van der Waals surface area contributed by atoms with Gasteiger partial charge in [0.2, 0.25) is 0 Å². The predicted molar refractivity (Wildman–Crippen MR) is 186 cm³/mol. The van der Waals surface area contributed by atoms with Crippen molar-refractivity contribution in [2.45, 2.75) is 0 Å². The number of hydrogen-bond acceptors (Lipinski definition) is 3. The summed E-state index contributed by atoms with van der Waals surface area (Å²) in [6.45, 7) is 0. The molecule has 9 aromatic rings. The number of fused-ring (bicyclic) bond motifs is 5. The van der Waals surface area contributed by atoms with E-state index in [9.17, 15) is 0 Å². The van der Waals surface area contributed by atoms with Gasteiger partial charge in [0.25, 0.3) is 0 Å². The lowest BCUT2D eigenvalue weighted by atomic mass is 9.94. The summed E-state index contributed by atoms with van der Waals surface area (Å²) in [5.41, 5.74) is 8.66. The van der Waals surface area contributed by atoms with Crippen molar-refractivity contribution in [2.75, 3.05) is 0 Å². The van der Waals surface area contributed by atoms with Crippen molar-refractivity contribution in [3.05, 3.63) is 158 Å². The molecule has 0 saturated carbocycles. The summed E-state index contributed by atoms with van der Waals surface area (Å²) >= 11 is 0. The smallest absolute Gasteiger partial charge is 0.160 e. The van der Waals surface area contributed by atoms with Crippen molar-refractivity contribution in [2.24, 2.45) is 0 Å². The van der Waals surface area contributed by atoms with Gasteiger partial charge in [-0.25, -0.2) is 9.97 Å². The second-order valence-corrected chi connectivity index (χ2v) is 11.4. The fourth-order valence-electron chi connectivity index (χ4n) is 6.42. The average Bonchev–Trinajstić information content (AvgIpc) is 3.49. The quantitative estimate of drug-likeness (QED) is 0.210. The Labute approximate surface area is 260 Å². The SMILES string of the molecule is c1ccc(-c2cc(-c3ccc(-c4ccc5ccccc5c4)c4oc5cc6ccccc6cc5c34)nc(-c3ccccc3)n2)cc1. The highest BCUT2D eigenvalue weighted by Crippen LogP contribution is 2.43. The molecule has 7 aromatic carbocycles. The average molecular weight is 575 g/mol. The summed E-state index contributed by atoms with van der Waals surface area (Å²) < 4.78 is 6.81. The molecule has 0 N–H and O–H groups in total. The van der Waals surface area contributed by atoms with Crippen LogP contribution in [0.2, 0.25) is 0 Å². The third kappa shape index (κ3) is 4.37. The summed E-state index contributed by atoms with van der Waals surface area (Å²) in [7, 11) is 0. The summed E-state index contributed by atoms with van der Waals surface area (Å²) in [5, 5.41) is 6.86. The molecule has 45 heavy (non-hydrogen) atoms. The first-order valence-corrected chi connectivity index (χ1v) is 15.2. The van der Waals surface area contributed by atoms with E-state index in [0.29, 0.717) is 5.82 Å². The Bertz CT molecular complexity index is 2470. The first-order chi connectivity index (χ1) is 22.3. The lowest BCUT2D eigenvalue weighted by Crippen LogP contribution is -1.96. The molecule has 9 rings (SSSR count). The van der Waals surface area contributed by atoms with Crippen LogP contribution in [0.15, 0.2) is 162 Å². The summed E-state index contributed by atoms with van der Waals surface area (Å²) in [6, 6.07) is 54.9. The van der Waals surface area contributed by atoms with Gasteiger partial charge in [-0.3, -0.25) is 0 Å². The van der Waals surface area contributed by atoms with Crippen molar-refractivity contribution < 1.29 is 4.42 Å². The van der Waals surface area contributed by atoms with Crippen molar-refractivity contribution in [3.8, 4) is 45.0 Å². The van der Waals surface area contributed by atoms with Gasteiger partial charge in [-0.1, -0.05) is 127 Å². The zero-order valence-corrected chi connectivity index (χ0v) is 24.3. The highest BCUT2D eigenvalue weighted by atomic mass is 16.3. The maximum Gasteiger partial charge on any atom is 0.160 e. The molecule has 0 atom stereocenters. The molecule has 0 unspecified atom stereocenters. The number of furan rings is 1. The van der Waals surface area contributed by atoms with Gasteiger partial charge in [-0.2, -0.15) is 0 Å². The zero-order chi connectivity index (χ0) is 29.7. The van der Waals surface area contributed by atoms with Crippen LogP contribution in [0.3, 0.4) is 0 Å². The summed E-state index contributed by atoms with van der Waals surface area (Å²) in [6.07, 6.45) is 0. The Balaban J connectivity index is 1.36. The third-order valence-corrected chi connectivity index (χ3v) is 8.65. The number of aromatic nitrogens is 2. The molecular formula is C42H26N2O. The van der Waals surface area contributed by atoms with E-state index in [2.05, 4.69) is 121 Å². The van der Waals surface area contributed by atoms with Gasteiger partial charge in [0.15, 0.2) is 5.82 Å². The van der Waals surface area contributed by atoms with Crippen molar-refractivity contribution in [1.29, 1.82) is 0 Å². The van der Waals surface area contributed by atoms with E-state index in [0.717, 1.165) is 66.5 Å². The third-order valence-electron chi connectivity index (χ3n) is 8.65. The molecule has 0 radical (unpaired) electrons. The Morgan fingerprint density at radius 3 is 1.76 bits per heavy atom. The highest BCUT2D eigenvalue weighted by Gasteiger charge is 2.20. The Hall–Kier alpha value is -6.06. The van der Waals surface area contributed by atoms with E-state index >= 15 is 0 Å². The fraction of sp³-hybridized carbons (Fsp3) is 0. The lowest BCUT2D eigenvalue weighted by molar-refractivity contribution is 0.670. The minimum Gasteiger partial charge on any atom is -0.455 e. The molecule has 0 aliphatic rings. The van der Waals surface area contributed by atoms with Crippen LogP contribution in [0.25, 0.3) is 88.5 Å². The lowest BCUT2D eigenvalue weighted by Gasteiger charge is -2.12. The van der Waals surface area contributed by atoms with Gasteiger partial charge in [0, 0.05) is 33.0 Å². The largest absolute Gasteiger partial charge is 0.455 e. The number of nitrogens with zero attached hydrogens (tertiary/aromatic N) is 2. The number of rotatable bonds is 4. The van der Waals surface area contributed by atoms with Crippen molar-refractivity contribution >= 4 is 43.5 Å². The van der Waals surface area contributed by atoms with Crippen LogP contribution in [0.5, 0.6) is 0 Å². The van der Waals surface area contributed by atoms with Crippen LogP contribution in [-0.2, 0) is 0 Å². The maximum absolute atomic E-state index is 6.81. The van der Waals surface area contributed by atoms with Crippen LogP contribution in [0.4, 0.5) is 0 Å². The molecule has 0 fully saturated rings. The van der Waals surface area contributed by atoms with E-state index in [1.165, 1.54) is 16.2 Å². The van der Waals surface area contributed by atoms with Gasteiger partial charge in [0.1, 0.15) is 11.2 Å². The van der Waals surface area contributed by atoms with Crippen LogP contribution in [0, 0.1) is 0 Å². The molecule has 2 heterocycles. The first-order valence-electron chi connectivity index (χ1n) is 15.2. The molecule has 0 amide bonds. The Kier molecular flexibility index (Phi) is 5.82. The van der Waals surface area contributed by atoms with Crippen LogP contribution in [0.1, 0.15) is 0 Å². The first kappa shape index (κ1) is 25.4. The standard InChI is InChI=1S/C42H26N2O/c1-3-12-28(13-4-1)37-26-38(44-42(43-37)29-14-5-2-6-15-29)35-22-21-34(33-20-19-27-11-7-8-16-30(27)23-33)41-40(35)36-24-31-17-9-10-18-32(31)25-39(36)45-41/h1-26H. The number of hydrogen-bond donors (Lipinski definition) is 0. The van der Waals surface area contributed by atoms with E-state index in [4.69, 9.17) is 14.4 Å². The normalized spacial score (nSPS) is 11.6. The second-order valence-electron chi connectivity index (χ2n) is 11.4. The molecule has 0 bridgehead atoms. The second kappa shape index (κ2) is 10.3. The molecule has 0 aliphatic heterocycles. The topological polar surface area (TPSA) is 38.9 Å². The van der Waals surface area contributed by atoms with E-state index in [1.54, 1.807) is 0 Å². The summed E-state index contributed by atoms with van der Waals surface area (Å²) in [5.74, 6) is 0.692. The molecule has 0 spiro atoms. The molecule has 0 saturated heterocycles. The van der Waals surface area contributed by atoms with E-state index in [1.807, 2.05) is 36.4 Å². The molecule has 210 valence electrons. The van der Waals surface area contributed by atoms with Gasteiger partial charge in [-0.15, -0.1) is 0 Å². The Morgan fingerprint density at radius 1 is 0.400 bits per heavy atom. The molecule has 3 nitrogen and oxygen atoms in total. The molecule has 2 aromatic heterocycles. The zero-order valence-electron chi connectivity index (χ0n) is 24.3. The van der Waals surface area contributed by atoms with Crippen molar-refractivity contribution in [3.63, 3.8) is 0 Å². The molecular weight excluding hydrogens is 548 g/mol. The van der Waals surface area contributed by atoms with Crippen molar-refractivity contribution in [1.82, 2.24) is 9.97 Å². The minimum atomic E-state index is 0.692. The monoisotopic (exact) mass is 574 g/mol. The molecule has 3 heteroatoms. The minimum absolute atomic E-state index is 0.692. The maximum atomic E-state index is 6.81. The van der Waals surface area contributed by atoms with Gasteiger partial charge < -0.3 is 4.42 Å². The number of benzene rings is 7.